The predicted octanol–water partition coefficient (Wildman–Crippen LogP) is 3.66. The minimum atomic E-state index is -3.45. The number of amides is 1. The molecule has 6 heteroatoms. The molecule has 1 saturated heterocycles. The third kappa shape index (κ3) is 4.39. The number of hydrogen-bond donors (Lipinski definition) is 1. The molecule has 0 aromatic heterocycles. The summed E-state index contributed by atoms with van der Waals surface area (Å²) in [6, 6.07) is 14.2. The van der Waals surface area contributed by atoms with Gasteiger partial charge >= 0.3 is 0 Å². The van der Waals surface area contributed by atoms with E-state index in [4.69, 9.17) is 0 Å². The molecule has 2 aromatic rings. The van der Waals surface area contributed by atoms with E-state index in [2.05, 4.69) is 5.32 Å². The number of rotatable bonds is 6. The minimum absolute atomic E-state index is 0.0777. The number of carbonyl (C=O) groups excluding carboxylic acids is 1. The van der Waals surface area contributed by atoms with Crippen LogP contribution in [0.1, 0.15) is 53.7 Å². The quantitative estimate of drug-likeness (QED) is 0.824. The van der Waals surface area contributed by atoms with Gasteiger partial charge in [0.05, 0.1) is 10.9 Å². The minimum Gasteiger partial charge on any atom is -0.345 e. The molecule has 2 aromatic carbocycles. The molecule has 1 amide bonds. The van der Waals surface area contributed by atoms with Crippen molar-refractivity contribution in [1.29, 1.82) is 0 Å². The highest BCUT2D eigenvalue weighted by Crippen LogP contribution is 2.22. The lowest BCUT2D eigenvalue weighted by molar-refractivity contribution is 0.0935. The van der Waals surface area contributed by atoms with Crippen molar-refractivity contribution in [1.82, 2.24) is 9.62 Å². The summed E-state index contributed by atoms with van der Waals surface area (Å²) in [7, 11) is -3.45. The fourth-order valence-electron chi connectivity index (χ4n) is 3.32. The van der Waals surface area contributed by atoms with Crippen molar-refractivity contribution >= 4 is 15.9 Å². The Morgan fingerprint density at radius 3 is 2.19 bits per heavy atom. The molecule has 1 unspecified atom stereocenters. The highest BCUT2D eigenvalue weighted by atomic mass is 32.2. The van der Waals surface area contributed by atoms with Crippen molar-refractivity contribution in [2.24, 2.45) is 0 Å². The van der Waals surface area contributed by atoms with Gasteiger partial charge in [0, 0.05) is 18.7 Å². The van der Waals surface area contributed by atoms with Gasteiger partial charge < -0.3 is 5.32 Å². The molecule has 1 heterocycles. The summed E-state index contributed by atoms with van der Waals surface area (Å²) in [4.78, 5) is 12.8. The van der Waals surface area contributed by atoms with Crippen LogP contribution in [0.3, 0.4) is 0 Å². The van der Waals surface area contributed by atoms with E-state index in [1.165, 1.54) is 22.0 Å². The zero-order valence-corrected chi connectivity index (χ0v) is 16.6. The molecule has 1 aliphatic heterocycles. The molecule has 0 aliphatic carbocycles. The van der Waals surface area contributed by atoms with Crippen LogP contribution in [-0.2, 0) is 10.0 Å². The molecular formula is C21H26N2O3S. The van der Waals surface area contributed by atoms with Crippen LogP contribution in [0.5, 0.6) is 0 Å². The van der Waals surface area contributed by atoms with E-state index in [-0.39, 0.29) is 16.8 Å². The highest BCUT2D eigenvalue weighted by Gasteiger charge is 2.27. The van der Waals surface area contributed by atoms with E-state index < -0.39 is 10.0 Å². The second kappa shape index (κ2) is 8.23. The highest BCUT2D eigenvalue weighted by molar-refractivity contribution is 7.89. The molecular weight excluding hydrogens is 360 g/mol. The van der Waals surface area contributed by atoms with E-state index in [1.807, 2.05) is 38.1 Å². The second-order valence-electron chi connectivity index (χ2n) is 6.98. The fraction of sp³-hybridized carbons (Fsp3) is 0.381. The topological polar surface area (TPSA) is 66.5 Å². The number of carbonyl (C=O) groups is 1. The van der Waals surface area contributed by atoms with E-state index in [0.717, 1.165) is 24.8 Å². The van der Waals surface area contributed by atoms with Crippen LogP contribution in [0.15, 0.2) is 53.4 Å². The van der Waals surface area contributed by atoms with Crippen LogP contribution in [0.2, 0.25) is 0 Å². The lowest BCUT2D eigenvalue weighted by Crippen LogP contribution is -2.29. The first-order valence-corrected chi connectivity index (χ1v) is 10.8. The maximum Gasteiger partial charge on any atom is 0.251 e. The van der Waals surface area contributed by atoms with Gasteiger partial charge in [0.1, 0.15) is 0 Å². The molecule has 1 N–H and O–H groups in total. The van der Waals surface area contributed by atoms with E-state index >= 15 is 0 Å². The zero-order valence-electron chi connectivity index (χ0n) is 15.8. The molecule has 0 bridgehead atoms. The zero-order chi connectivity index (χ0) is 19.4. The Labute approximate surface area is 161 Å². The fourth-order valence-corrected chi connectivity index (χ4v) is 4.83. The summed E-state index contributed by atoms with van der Waals surface area (Å²) in [5.41, 5.74) is 2.69. The Morgan fingerprint density at radius 1 is 1.04 bits per heavy atom. The van der Waals surface area contributed by atoms with Crippen molar-refractivity contribution < 1.29 is 13.2 Å². The Hall–Kier alpha value is -2.18. The molecule has 144 valence electrons. The monoisotopic (exact) mass is 386 g/mol. The van der Waals surface area contributed by atoms with E-state index in [9.17, 15) is 13.2 Å². The van der Waals surface area contributed by atoms with Gasteiger partial charge in [-0.25, -0.2) is 8.42 Å². The Morgan fingerprint density at radius 2 is 1.63 bits per heavy atom. The molecule has 0 spiro atoms. The van der Waals surface area contributed by atoms with Gasteiger partial charge in [0.15, 0.2) is 0 Å². The Bertz CT molecular complexity index is 884. The van der Waals surface area contributed by atoms with Crippen molar-refractivity contribution in [2.75, 3.05) is 13.1 Å². The number of aryl methyl sites for hydroxylation is 1. The number of hydrogen-bond acceptors (Lipinski definition) is 3. The van der Waals surface area contributed by atoms with Gasteiger partial charge in [-0.2, -0.15) is 4.31 Å². The summed E-state index contributed by atoms with van der Waals surface area (Å²) in [6.07, 6.45) is 2.57. The summed E-state index contributed by atoms with van der Waals surface area (Å²) >= 11 is 0. The normalized spacial score (nSPS) is 16.2. The molecule has 1 fully saturated rings. The van der Waals surface area contributed by atoms with Crippen LogP contribution in [0.25, 0.3) is 0 Å². The maximum absolute atomic E-state index is 12.6. The molecule has 3 rings (SSSR count). The van der Waals surface area contributed by atoms with E-state index in [0.29, 0.717) is 18.7 Å². The second-order valence-corrected chi connectivity index (χ2v) is 8.92. The van der Waals surface area contributed by atoms with Crippen LogP contribution < -0.4 is 5.32 Å². The number of nitrogens with zero attached hydrogens (tertiary/aromatic N) is 1. The summed E-state index contributed by atoms with van der Waals surface area (Å²) in [5, 5.41) is 3.03. The first kappa shape index (κ1) is 19.6. The lowest BCUT2D eigenvalue weighted by Gasteiger charge is -2.18. The molecule has 0 radical (unpaired) electrons. The predicted molar refractivity (Wildman–Crippen MR) is 106 cm³/mol. The van der Waals surface area contributed by atoms with Gasteiger partial charge in [0.2, 0.25) is 10.0 Å². The summed E-state index contributed by atoms with van der Waals surface area (Å²) in [6.45, 7) is 5.19. The van der Waals surface area contributed by atoms with Crippen molar-refractivity contribution in [3.63, 3.8) is 0 Å². The number of nitrogens with one attached hydrogen (secondary N) is 1. The SMILES string of the molecule is CCC(NC(=O)c1ccc(S(=O)(=O)N2CCCC2)cc1)c1ccc(C)cc1. The molecule has 1 aliphatic rings. The molecule has 0 saturated carbocycles. The van der Waals surface area contributed by atoms with Crippen molar-refractivity contribution in [2.45, 2.75) is 44.0 Å². The van der Waals surface area contributed by atoms with Crippen molar-refractivity contribution in [3.05, 3.63) is 65.2 Å². The first-order valence-electron chi connectivity index (χ1n) is 9.39. The van der Waals surface area contributed by atoms with Crippen LogP contribution in [-0.4, -0.2) is 31.7 Å². The van der Waals surface area contributed by atoms with Gasteiger partial charge in [-0.05, 0) is 56.0 Å². The molecule has 27 heavy (non-hydrogen) atoms. The first-order chi connectivity index (χ1) is 12.9. The van der Waals surface area contributed by atoms with Gasteiger partial charge in [-0.3, -0.25) is 4.79 Å². The average Bonchev–Trinajstić information content (AvgIpc) is 3.22. The lowest BCUT2D eigenvalue weighted by atomic mass is 10.0. The smallest absolute Gasteiger partial charge is 0.251 e. The standard InChI is InChI=1S/C21H26N2O3S/c1-3-20(17-8-6-16(2)7-9-17)22-21(24)18-10-12-19(13-11-18)27(25,26)23-14-4-5-15-23/h6-13,20H,3-5,14-15H2,1-2H3,(H,22,24). The van der Waals surface area contributed by atoms with Crippen molar-refractivity contribution in [3.8, 4) is 0 Å². The third-order valence-electron chi connectivity index (χ3n) is 5.01. The third-order valence-corrected chi connectivity index (χ3v) is 6.93. The van der Waals surface area contributed by atoms with Crippen LogP contribution >= 0.6 is 0 Å². The van der Waals surface area contributed by atoms with Gasteiger partial charge in [-0.1, -0.05) is 36.8 Å². The maximum atomic E-state index is 12.6. The Balaban J connectivity index is 1.72. The van der Waals surface area contributed by atoms with E-state index in [1.54, 1.807) is 12.1 Å². The molecule has 1 atom stereocenters. The Kier molecular flexibility index (Phi) is 5.97. The van der Waals surface area contributed by atoms with Crippen LogP contribution in [0, 0.1) is 6.92 Å². The van der Waals surface area contributed by atoms with Gasteiger partial charge in [-0.15, -0.1) is 0 Å². The number of sulfonamides is 1. The van der Waals surface area contributed by atoms with Crippen LogP contribution in [0.4, 0.5) is 0 Å². The average molecular weight is 387 g/mol. The van der Waals surface area contributed by atoms with Gasteiger partial charge in [0.25, 0.3) is 5.91 Å². The largest absolute Gasteiger partial charge is 0.345 e. The summed E-state index contributed by atoms with van der Waals surface area (Å²) in [5.74, 6) is -0.201. The molecule has 5 nitrogen and oxygen atoms in total. The number of benzene rings is 2. The summed E-state index contributed by atoms with van der Waals surface area (Å²) < 4.78 is 26.7.